The van der Waals surface area contributed by atoms with Crippen molar-refractivity contribution in [2.75, 3.05) is 50.2 Å². The molecule has 19 heavy (non-hydrogen) atoms. The zero-order valence-electron chi connectivity index (χ0n) is 11.1. The summed E-state index contributed by atoms with van der Waals surface area (Å²) in [6.45, 7) is 3.03. The van der Waals surface area contributed by atoms with Crippen LogP contribution in [0, 0.1) is 11.6 Å². The minimum atomic E-state index is -0.760. The summed E-state index contributed by atoms with van der Waals surface area (Å²) < 4.78 is 32.2. The molecule has 2 N–H and O–H groups in total. The fourth-order valence-corrected chi connectivity index (χ4v) is 1.62. The van der Waals surface area contributed by atoms with Gasteiger partial charge in [0.25, 0.3) is 0 Å². The average molecular weight is 275 g/mol. The summed E-state index contributed by atoms with van der Waals surface area (Å²) in [6.07, 6.45) is 0. The van der Waals surface area contributed by atoms with Gasteiger partial charge in [-0.1, -0.05) is 0 Å². The number of rotatable bonds is 8. The smallest absolute Gasteiger partial charge is 0.168 e. The highest BCUT2D eigenvalue weighted by molar-refractivity contribution is 5.49. The maximum absolute atomic E-state index is 13.8. The molecular formula is C12H19F2N3O2. The molecule has 0 amide bonds. The Balaban J connectivity index is 3.02. The molecule has 0 aliphatic heterocycles. The highest BCUT2D eigenvalue weighted by atomic mass is 19.1. The Kier molecular flexibility index (Phi) is 6.44. The van der Waals surface area contributed by atoms with Crippen LogP contribution in [0.3, 0.4) is 0 Å². The number of methoxy groups -OCH3 is 1. The summed E-state index contributed by atoms with van der Waals surface area (Å²) in [7, 11) is 1.52. The van der Waals surface area contributed by atoms with Crippen LogP contribution in [-0.2, 0) is 4.74 Å². The molecular weight excluding hydrogens is 256 g/mol. The lowest BCUT2D eigenvalue weighted by atomic mass is 10.3. The second-order valence-electron chi connectivity index (χ2n) is 3.86. The van der Waals surface area contributed by atoms with E-state index in [9.17, 15) is 8.78 Å². The second-order valence-corrected chi connectivity index (χ2v) is 3.86. The van der Waals surface area contributed by atoms with E-state index in [0.29, 0.717) is 19.7 Å². The second kappa shape index (κ2) is 7.85. The predicted octanol–water partition coefficient (Wildman–Crippen LogP) is 1.24. The zero-order chi connectivity index (χ0) is 14.3. The van der Waals surface area contributed by atoms with Gasteiger partial charge in [0.1, 0.15) is 0 Å². The Morgan fingerprint density at radius 1 is 1.37 bits per heavy atom. The first-order chi connectivity index (χ1) is 9.13. The molecule has 0 aliphatic carbocycles. The molecule has 0 unspecified atom stereocenters. The summed E-state index contributed by atoms with van der Waals surface area (Å²) in [4.78, 5) is 5.44. The lowest BCUT2D eigenvalue weighted by molar-refractivity contribution is 0.202. The van der Waals surface area contributed by atoms with Gasteiger partial charge in [0, 0.05) is 32.8 Å². The van der Waals surface area contributed by atoms with Crippen molar-refractivity contribution < 1.29 is 18.6 Å². The Hall–Kier alpha value is -1.47. The summed E-state index contributed by atoms with van der Waals surface area (Å²) in [5.41, 5.74) is 0. The largest absolute Gasteiger partial charge is 0.395 e. The van der Waals surface area contributed by atoms with Crippen LogP contribution in [0.2, 0.25) is 0 Å². The third kappa shape index (κ3) is 4.29. The van der Waals surface area contributed by atoms with Crippen molar-refractivity contribution in [3.05, 3.63) is 17.7 Å². The molecule has 0 saturated carbocycles. The molecule has 0 radical (unpaired) electrons. The lowest BCUT2D eigenvalue weighted by Gasteiger charge is -2.23. The normalized spacial score (nSPS) is 10.6. The fraction of sp³-hybridized carbons (Fsp3) is 0.583. The SMILES string of the molecule is CCNc1nc(N(CCO)CCOC)c(F)cc1F. The van der Waals surface area contributed by atoms with Crippen molar-refractivity contribution in [2.45, 2.75) is 6.92 Å². The third-order valence-electron chi connectivity index (χ3n) is 2.49. The molecule has 0 spiro atoms. The first-order valence-electron chi connectivity index (χ1n) is 6.08. The minimum absolute atomic E-state index is 0.000688. The first kappa shape index (κ1) is 15.6. The van der Waals surface area contributed by atoms with Crippen LogP contribution in [0.1, 0.15) is 6.92 Å². The highest BCUT2D eigenvalue weighted by Crippen LogP contribution is 2.22. The zero-order valence-corrected chi connectivity index (χ0v) is 11.1. The highest BCUT2D eigenvalue weighted by Gasteiger charge is 2.17. The molecule has 1 heterocycles. The number of nitrogens with zero attached hydrogens (tertiary/aromatic N) is 2. The van der Waals surface area contributed by atoms with Gasteiger partial charge in [0.15, 0.2) is 23.3 Å². The van der Waals surface area contributed by atoms with Gasteiger partial charge in [-0.05, 0) is 6.92 Å². The molecule has 108 valence electrons. The fourth-order valence-electron chi connectivity index (χ4n) is 1.62. The van der Waals surface area contributed by atoms with Gasteiger partial charge >= 0.3 is 0 Å². The molecule has 5 nitrogen and oxygen atoms in total. The number of ether oxygens (including phenoxy) is 1. The molecule has 7 heteroatoms. The van der Waals surface area contributed by atoms with Crippen LogP contribution in [0.4, 0.5) is 20.4 Å². The first-order valence-corrected chi connectivity index (χ1v) is 6.08. The van der Waals surface area contributed by atoms with E-state index in [1.165, 1.54) is 12.0 Å². The predicted molar refractivity (Wildman–Crippen MR) is 69.5 cm³/mol. The Morgan fingerprint density at radius 2 is 2.11 bits per heavy atom. The summed E-state index contributed by atoms with van der Waals surface area (Å²) in [5.74, 6) is -1.50. The molecule has 0 saturated heterocycles. The molecule has 0 atom stereocenters. The van der Waals surface area contributed by atoms with E-state index in [0.717, 1.165) is 6.07 Å². The van der Waals surface area contributed by atoms with Gasteiger partial charge in [0.2, 0.25) is 0 Å². The van der Waals surface area contributed by atoms with E-state index in [-0.39, 0.29) is 24.8 Å². The van der Waals surface area contributed by atoms with E-state index in [1.807, 2.05) is 0 Å². The minimum Gasteiger partial charge on any atom is -0.395 e. The number of hydrogen-bond acceptors (Lipinski definition) is 5. The van der Waals surface area contributed by atoms with E-state index in [1.54, 1.807) is 6.92 Å². The van der Waals surface area contributed by atoms with Gasteiger partial charge < -0.3 is 20.1 Å². The van der Waals surface area contributed by atoms with Crippen molar-refractivity contribution in [2.24, 2.45) is 0 Å². The van der Waals surface area contributed by atoms with E-state index in [4.69, 9.17) is 9.84 Å². The number of nitrogens with one attached hydrogen (secondary N) is 1. The van der Waals surface area contributed by atoms with Crippen molar-refractivity contribution >= 4 is 11.6 Å². The lowest BCUT2D eigenvalue weighted by Crippen LogP contribution is -2.32. The van der Waals surface area contributed by atoms with Crippen LogP contribution in [0.15, 0.2) is 6.07 Å². The van der Waals surface area contributed by atoms with E-state index in [2.05, 4.69) is 10.3 Å². The summed E-state index contributed by atoms with van der Waals surface area (Å²) in [5, 5.41) is 11.7. The molecule has 1 aromatic heterocycles. The number of hydrogen-bond donors (Lipinski definition) is 2. The maximum atomic E-state index is 13.8. The molecule has 0 aromatic carbocycles. The van der Waals surface area contributed by atoms with Crippen molar-refractivity contribution in [1.82, 2.24) is 4.98 Å². The third-order valence-corrected chi connectivity index (χ3v) is 2.49. The number of aliphatic hydroxyl groups is 1. The number of halogens is 2. The Labute approximate surface area is 111 Å². The van der Waals surface area contributed by atoms with Crippen molar-refractivity contribution in [3.8, 4) is 0 Å². The molecule has 0 aliphatic rings. The van der Waals surface area contributed by atoms with Gasteiger partial charge in [-0.25, -0.2) is 13.8 Å². The Bertz CT molecular complexity index is 405. The number of pyridine rings is 1. The number of aromatic nitrogens is 1. The topological polar surface area (TPSA) is 57.6 Å². The molecule has 1 rings (SSSR count). The van der Waals surface area contributed by atoms with Gasteiger partial charge in [0.05, 0.1) is 13.2 Å². The summed E-state index contributed by atoms with van der Waals surface area (Å²) >= 11 is 0. The van der Waals surface area contributed by atoms with Crippen LogP contribution in [0.25, 0.3) is 0 Å². The van der Waals surface area contributed by atoms with E-state index >= 15 is 0 Å². The van der Waals surface area contributed by atoms with Crippen LogP contribution >= 0.6 is 0 Å². The standard InChI is InChI=1S/C12H19F2N3O2/c1-3-15-11-9(13)8-10(14)12(16-11)17(4-6-18)5-7-19-2/h8,18H,3-7H2,1-2H3,(H,15,16). The van der Waals surface area contributed by atoms with Crippen LogP contribution in [0.5, 0.6) is 0 Å². The number of anilines is 2. The maximum Gasteiger partial charge on any atom is 0.168 e. The van der Waals surface area contributed by atoms with Crippen LogP contribution in [-0.4, -0.2) is 50.0 Å². The van der Waals surface area contributed by atoms with Crippen LogP contribution < -0.4 is 10.2 Å². The van der Waals surface area contributed by atoms with Crippen molar-refractivity contribution in [1.29, 1.82) is 0 Å². The number of aliphatic hydroxyl groups excluding tert-OH is 1. The van der Waals surface area contributed by atoms with Gasteiger partial charge in [-0.3, -0.25) is 0 Å². The summed E-state index contributed by atoms with van der Waals surface area (Å²) in [6, 6.07) is 0.789. The quantitative estimate of drug-likeness (QED) is 0.747. The van der Waals surface area contributed by atoms with Gasteiger partial charge in [-0.15, -0.1) is 0 Å². The Morgan fingerprint density at radius 3 is 2.68 bits per heavy atom. The average Bonchev–Trinajstić information content (AvgIpc) is 2.38. The molecule has 0 fully saturated rings. The van der Waals surface area contributed by atoms with E-state index < -0.39 is 11.6 Å². The molecule has 1 aromatic rings. The van der Waals surface area contributed by atoms with Crippen molar-refractivity contribution in [3.63, 3.8) is 0 Å². The monoisotopic (exact) mass is 275 g/mol. The van der Waals surface area contributed by atoms with Gasteiger partial charge in [-0.2, -0.15) is 0 Å². The molecule has 0 bridgehead atoms.